The first-order chi connectivity index (χ1) is 20.4. The molecule has 0 aliphatic carbocycles. The maximum absolute atomic E-state index is 15.9. The molecule has 9 heteroatoms. The fraction of sp³-hybridized carbons (Fsp3) is 0.152. The predicted octanol–water partition coefficient (Wildman–Crippen LogP) is 7.07. The molecule has 7 rings (SSSR count). The largest absolute Gasteiger partial charge is 0.477 e. The van der Waals surface area contributed by atoms with Crippen LogP contribution in [-0.4, -0.2) is 46.6 Å². The maximum Gasteiger partial charge on any atom is 0.342 e. The van der Waals surface area contributed by atoms with Crippen molar-refractivity contribution in [3.63, 3.8) is 0 Å². The molecule has 6 aromatic rings. The number of piperazine rings is 1. The third kappa shape index (κ3) is 4.43. The lowest BCUT2D eigenvalue weighted by Gasteiger charge is -2.40. The molecule has 0 bridgehead atoms. The molecule has 1 N–H and O–H groups in total. The number of benzene rings is 4. The van der Waals surface area contributed by atoms with E-state index in [9.17, 15) is 14.7 Å². The molecule has 6 nitrogen and oxygen atoms in total. The van der Waals surface area contributed by atoms with Crippen LogP contribution in [0.15, 0.2) is 95.8 Å². The monoisotopic (exact) mass is 597 g/mol. The Labute approximate surface area is 249 Å². The molecule has 4 aromatic carbocycles. The van der Waals surface area contributed by atoms with E-state index in [2.05, 4.69) is 17.0 Å². The Kier molecular flexibility index (Phi) is 6.69. The van der Waals surface area contributed by atoms with Gasteiger partial charge in [-0.1, -0.05) is 66.2 Å². The van der Waals surface area contributed by atoms with E-state index in [0.29, 0.717) is 47.2 Å². The van der Waals surface area contributed by atoms with E-state index in [1.54, 1.807) is 4.40 Å². The summed E-state index contributed by atoms with van der Waals surface area (Å²) < 4.78 is 18.4. The van der Waals surface area contributed by atoms with Gasteiger partial charge in [-0.25, -0.2) is 9.18 Å². The van der Waals surface area contributed by atoms with Gasteiger partial charge in [0.05, 0.1) is 27.5 Å². The normalized spacial score (nSPS) is 15.0. The van der Waals surface area contributed by atoms with Crippen LogP contribution in [0.4, 0.5) is 10.1 Å². The molecular formula is C33H25ClFN3O3S. The van der Waals surface area contributed by atoms with E-state index in [1.165, 1.54) is 23.5 Å². The van der Waals surface area contributed by atoms with Crippen LogP contribution in [0, 0.1) is 5.82 Å². The molecule has 0 saturated carbocycles. The minimum atomic E-state index is -1.29. The highest BCUT2D eigenvalue weighted by molar-refractivity contribution is 7.24. The minimum absolute atomic E-state index is 0.00925. The Balaban J connectivity index is 1.27. The highest BCUT2D eigenvalue weighted by Crippen LogP contribution is 2.35. The Morgan fingerprint density at radius 3 is 2.24 bits per heavy atom. The zero-order chi connectivity index (χ0) is 29.0. The third-order valence-corrected chi connectivity index (χ3v) is 9.44. The number of anilines is 1. The molecule has 2 aromatic heterocycles. The second-order valence-electron chi connectivity index (χ2n) is 10.4. The van der Waals surface area contributed by atoms with Crippen molar-refractivity contribution in [3.8, 4) is 0 Å². The number of fused-ring (bicyclic) bond motifs is 5. The van der Waals surface area contributed by atoms with Gasteiger partial charge in [0.1, 0.15) is 16.2 Å². The number of halogens is 2. The summed E-state index contributed by atoms with van der Waals surface area (Å²) in [4.78, 5) is 30.4. The standard InChI is InChI=1S/C33H25ClFN3O3S/c34-22-12-10-21(11-13-22)30(20-6-2-1-3-7-20)37-16-14-36(15-17-37)27-18-23-26(19-24(27)35)38-25-8-4-5-9-28(25)42-32(38)29(31(23)39)33(40)41/h1-13,18-19,30H,14-17H2,(H,40,41). The summed E-state index contributed by atoms with van der Waals surface area (Å²) in [5.74, 6) is -1.74. The molecule has 0 spiro atoms. The van der Waals surface area contributed by atoms with Crippen LogP contribution < -0.4 is 10.3 Å². The van der Waals surface area contributed by atoms with Crippen molar-refractivity contribution in [2.75, 3.05) is 31.1 Å². The first-order valence-corrected chi connectivity index (χ1v) is 14.8. The lowest BCUT2D eigenvalue weighted by Crippen LogP contribution is -2.48. The highest BCUT2D eigenvalue weighted by Gasteiger charge is 2.29. The highest BCUT2D eigenvalue weighted by atomic mass is 35.5. The number of hydrogen-bond acceptors (Lipinski definition) is 5. The van der Waals surface area contributed by atoms with Crippen LogP contribution >= 0.6 is 22.9 Å². The van der Waals surface area contributed by atoms with Crippen molar-refractivity contribution in [2.45, 2.75) is 6.04 Å². The number of carboxylic acids is 1. The van der Waals surface area contributed by atoms with Crippen LogP contribution in [0.1, 0.15) is 27.5 Å². The van der Waals surface area contributed by atoms with Crippen molar-refractivity contribution in [2.24, 2.45) is 0 Å². The average molecular weight is 598 g/mol. The van der Waals surface area contributed by atoms with Crippen molar-refractivity contribution in [3.05, 3.63) is 129 Å². The number of aromatic nitrogens is 1. The molecule has 1 atom stereocenters. The number of rotatable bonds is 5. The molecule has 0 amide bonds. The molecule has 1 saturated heterocycles. The van der Waals surface area contributed by atoms with Crippen LogP contribution in [0.3, 0.4) is 0 Å². The number of thiazole rings is 1. The Hall–Kier alpha value is -4.24. The molecule has 1 aliphatic rings. The first kappa shape index (κ1) is 26.6. The van der Waals surface area contributed by atoms with Crippen LogP contribution in [0.25, 0.3) is 25.9 Å². The molecule has 1 fully saturated rings. The zero-order valence-electron chi connectivity index (χ0n) is 22.3. The lowest BCUT2D eigenvalue weighted by molar-refractivity contribution is 0.0697. The number of para-hydroxylation sites is 1. The van der Waals surface area contributed by atoms with E-state index < -0.39 is 17.2 Å². The Bertz CT molecular complexity index is 2030. The Morgan fingerprint density at radius 1 is 0.857 bits per heavy atom. The minimum Gasteiger partial charge on any atom is -0.477 e. The second kappa shape index (κ2) is 10.5. The fourth-order valence-electron chi connectivity index (χ4n) is 6.09. The van der Waals surface area contributed by atoms with Gasteiger partial charge in [-0.05, 0) is 41.5 Å². The number of pyridine rings is 1. The molecule has 3 heterocycles. The molecule has 0 radical (unpaired) electrons. The van der Waals surface area contributed by atoms with Gasteiger partial charge in [-0.2, -0.15) is 0 Å². The fourth-order valence-corrected chi connectivity index (χ4v) is 7.40. The smallest absolute Gasteiger partial charge is 0.342 e. The number of hydrogen-bond donors (Lipinski definition) is 1. The summed E-state index contributed by atoms with van der Waals surface area (Å²) in [6.45, 7) is 2.40. The first-order valence-electron chi connectivity index (χ1n) is 13.6. The summed E-state index contributed by atoms with van der Waals surface area (Å²) in [6, 6.07) is 28.5. The van der Waals surface area contributed by atoms with Crippen molar-refractivity contribution < 1.29 is 14.3 Å². The van der Waals surface area contributed by atoms with E-state index >= 15 is 4.39 Å². The van der Waals surface area contributed by atoms with E-state index in [-0.39, 0.29) is 17.0 Å². The van der Waals surface area contributed by atoms with Gasteiger partial charge in [0.15, 0.2) is 0 Å². The van der Waals surface area contributed by atoms with Gasteiger partial charge < -0.3 is 10.0 Å². The van der Waals surface area contributed by atoms with Crippen molar-refractivity contribution in [1.82, 2.24) is 9.30 Å². The summed E-state index contributed by atoms with van der Waals surface area (Å²) in [5, 5.41) is 10.9. The summed E-state index contributed by atoms with van der Waals surface area (Å²) in [5.41, 5.74) is 2.79. The topological polar surface area (TPSA) is 65.3 Å². The average Bonchev–Trinajstić information content (AvgIpc) is 3.38. The molecule has 210 valence electrons. The third-order valence-electron chi connectivity index (χ3n) is 8.04. The summed E-state index contributed by atoms with van der Waals surface area (Å²) in [6.07, 6.45) is 0. The number of carbonyl (C=O) groups is 1. The van der Waals surface area contributed by atoms with Gasteiger partial charge in [0.2, 0.25) is 5.43 Å². The van der Waals surface area contributed by atoms with E-state index in [0.717, 1.165) is 21.3 Å². The predicted molar refractivity (Wildman–Crippen MR) is 167 cm³/mol. The van der Waals surface area contributed by atoms with Crippen LogP contribution in [-0.2, 0) is 0 Å². The van der Waals surface area contributed by atoms with Crippen molar-refractivity contribution in [1.29, 1.82) is 0 Å². The number of nitrogens with zero attached hydrogens (tertiary/aromatic N) is 3. The summed E-state index contributed by atoms with van der Waals surface area (Å²) >= 11 is 7.39. The van der Waals surface area contributed by atoms with Gasteiger partial charge in [-0.3, -0.25) is 14.1 Å². The molecular weight excluding hydrogens is 573 g/mol. The Morgan fingerprint density at radius 2 is 1.52 bits per heavy atom. The number of carboxylic acid groups (broad SMARTS) is 1. The lowest BCUT2D eigenvalue weighted by atomic mass is 9.96. The SMILES string of the molecule is O=C(O)c1c(=O)c2cc(N3CCN(C(c4ccccc4)c4ccc(Cl)cc4)CC3)c(F)cc2n2c1sc1ccccc12. The van der Waals surface area contributed by atoms with Crippen LogP contribution in [0.5, 0.6) is 0 Å². The maximum atomic E-state index is 15.9. The second-order valence-corrected chi connectivity index (χ2v) is 11.9. The zero-order valence-corrected chi connectivity index (χ0v) is 23.9. The summed E-state index contributed by atoms with van der Waals surface area (Å²) in [7, 11) is 0. The quantitative estimate of drug-likeness (QED) is 0.230. The van der Waals surface area contributed by atoms with Gasteiger partial charge >= 0.3 is 5.97 Å². The number of aromatic carboxylic acids is 1. The van der Waals surface area contributed by atoms with Gasteiger partial charge in [-0.15, -0.1) is 11.3 Å². The van der Waals surface area contributed by atoms with Crippen molar-refractivity contribution >= 4 is 60.5 Å². The van der Waals surface area contributed by atoms with E-state index in [1.807, 2.05) is 71.6 Å². The molecule has 42 heavy (non-hydrogen) atoms. The molecule has 1 unspecified atom stereocenters. The van der Waals surface area contributed by atoms with E-state index in [4.69, 9.17) is 11.6 Å². The molecule has 1 aliphatic heterocycles. The van der Waals surface area contributed by atoms with Crippen LogP contribution in [0.2, 0.25) is 5.02 Å². The van der Waals surface area contributed by atoms with Gasteiger partial charge in [0, 0.05) is 42.7 Å². The van der Waals surface area contributed by atoms with Gasteiger partial charge in [0.25, 0.3) is 0 Å².